The molecule has 0 atom stereocenters. The predicted octanol–water partition coefficient (Wildman–Crippen LogP) is 9.05. The molecule has 0 unspecified atom stereocenters. The molecular weight excluding hydrogens is 614 g/mol. The van der Waals surface area contributed by atoms with E-state index < -0.39 is 17.1 Å². The summed E-state index contributed by atoms with van der Waals surface area (Å²) in [6.45, 7) is 22.2. The molecule has 2 aromatic carbocycles. The zero-order valence-corrected chi connectivity index (χ0v) is 31.1. The van der Waals surface area contributed by atoms with Gasteiger partial charge in [0.05, 0.1) is 22.4 Å². The molecule has 2 aromatic rings. The highest BCUT2D eigenvalue weighted by atomic mass is 31.2. The summed E-state index contributed by atoms with van der Waals surface area (Å²) >= 11 is 0. The van der Waals surface area contributed by atoms with Crippen molar-refractivity contribution >= 4 is 29.5 Å². The minimum absolute atomic E-state index is 0.346. The van der Waals surface area contributed by atoms with Crippen LogP contribution in [0.15, 0.2) is 70.6 Å². The lowest BCUT2D eigenvalue weighted by Crippen LogP contribution is -2.41. The van der Waals surface area contributed by atoms with Crippen molar-refractivity contribution in [3.63, 3.8) is 0 Å². The topological polar surface area (TPSA) is 68.1 Å². The maximum absolute atomic E-state index is 6.54. The van der Waals surface area contributed by atoms with E-state index in [0.29, 0.717) is 0 Å². The highest BCUT2D eigenvalue weighted by Crippen LogP contribution is 2.61. The van der Waals surface area contributed by atoms with E-state index in [2.05, 4.69) is 99.0 Å². The first kappa shape index (κ1) is 37.2. The summed E-state index contributed by atoms with van der Waals surface area (Å²) in [4.78, 5) is 9.35. The zero-order valence-electron chi connectivity index (χ0n) is 29.3. The van der Waals surface area contributed by atoms with Gasteiger partial charge in [-0.25, -0.2) is 9.34 Å². The van der Waals surface area contributed by atoms with Gasteiger partial charge < -0.3 is 18.1 Å². The Hall–Kier alpha value is -1.60. The van der Waals surface area contributed by atoms with E-state index in [1.54, 1.807) is 0 Å². The van der Waals surface area contributed by atoms with Crippen LogP contribution < -0.4 is 0 Å². The molecule has 2 fully saturated rings. The highest BCUT2D eigenvalue weighted by Gasteiger charge is 2.53. The molecule has 0 N–H and O–H groups in total. The normalized spacial score (nSPS) is 21.0. The van der Waals surface area contributed by atoms with Gasteiger partial charge in [0, 0.05) is 51.7 Å². The van der Waals surface area contributed by atoms with Gasteiger partial charge in [-0.1, -0.05) is 60.7 Å². The van der Waals surface area contributed by atoms with Gasteiger partial charge in [-0.2, -0.15) is 0 Å². The third-order valence-electron chi connectivity index (χ3n) is 9.16. The standard InChI is InChI=1S/C36H56N4O4P2/c1-33(2)34(3,4)42-45(41-33)39(27-17-23-37-29-31-19-11-9-12-20-31)25-15-16-26-40(46-43-35(5,6)36(7,8)44-46)28-18-24-38-30-32-21-13-10-14-22-32/h9-14,19-22,29-30H,15-18,23-28H2,1-8H3. The predicted molar refractivity (Wildman–Crippen MR) is 194 cm³/mol. The van der Waals surface area contributed by atoms with Gasteiger partial charge in [0.25, 0.3) is 17.1 Å². The van der Waals surface area contributed by atoms with Crippen LogP contribution in [0.5, 0.6) is 0 Å². The first-order valence-electron chi connectivity index (χ1n) is 16.8. The van der Waals surface area contributed by atoms with Crippen molar-refractivity contribution < 1.29 is 18.1 Å². The van der Waals surface area contributed by atoms with Crippen molar-refractivity contribution in [1.82, 2.24) is 9.34 Å². The average Bonchev–Trinajstić information content (AvgIpc) is 3.36. The molecule has 46 heavy (non-hydrogen) atoms. The molecule has 0 spiro atoms. The summed E-state index contributed by atoms with van der Waals surface area (Å²) in [5.41, 5.74) is 0.878. The minimum Gasteiger partial charge on any atom is -0.313 e. The van der Waals surface area contributed by atoms with Crippen LogP contribution in [0.4, 0.5) is 0 Å². The molecule has 10 heteroatoms. The molecule has 2 aliphatic rings. The molecule has 0 bridgehead atoms. The van der Waals surface area contributed by atoms with Gasteiger partial charge in [0.1, 0.15) is 0 Å². The van der Waals surface area contributed by atoms with E-state index in [4.69, 9.17) is 18.1 Å². The Labute approximate surface area is 280 Å². The third kappa shape index (κ3) is 10.4. The van der Waals surface area contributed by atoms with E-state index in [9.17, 15) is 0 Å². The van der Waals surface area contributed by atoms with E-state index in [-0.39, 0.29) is 22.4 Å². The van der Waals surface area contributed by atoms with Crippen molar-refractivity contribution in [2.45, 2.75) is 103 Å². The summed E-state index contributed by atoms with van der Waals surface area (Å²) in [7, 11) is -2.28. The zero-order chi connectivity index (χ0) is 33.3. The Morgan fingerprint density at radius 3 is 1.13 bits per heavy atom. The largest absolute Gasteiger partial charge is 0.313 e. The maximum Gasteiger partial charge on any atom is 0.259 e. The van der Waals surface area contributed by atoms with Crippen LogP contribution in [-0.4, -0.2) is 83.4 Å². The van der Waals surface area contributed by atoms with E-state index in [0.717, 1.165) is 76.1 Å². The number of aliphatic imine (C=N–C) groups is 2. The van der Waals surface area contributed by atoms with E-state index in [1.807, 2.05) is 48.8 Å². The number of nitrogens with zero attached hydrogens (tertiary/aromatic N) is 4. The highest BCUT2D eigenvalue weighted by molar-refractivity contribution is 7.45. The number of hydrogen-bond acceptors (Lipinski definition) is 8. The lowest BCUT2D eigenvalue weighted by atomic mass is 9.90. The Balaban J connectivity index is 1.32. The fourth-order valence-corrected chi connectivity index (χ4v) is 8.93. The molecule has 2 heterocycles. The smallest absolute Gasteiger partial charge is 0.259 e. The van der Waals surface area contributed by atoms with Crippen molar-refractivity contribution in [3.8, 4) is 0 Å². The number of hydrogen-bond donors (Lipinski definition) is 0. The minimum atomic E-state index is -1.14. The summed E-state index contributed by atoms with van der Waals surface area (Å²) in [5.74, 6) is 0. The van der Waals surface area contributed by atoms with Crippen molar-refractivity contribution in [2.24, 2.45) is 9.98 Å². The summed E-state index contributed by atoms with van der Waals surface area (Å²) in [6, 6.07) is 20.5. The molecule has 0 amide bonds. The van der Waals surface area contributed by atoms with Crippen LogP contribution in [0.3, 0.4) is 0 Å². The summed E-state index contributed by atoms with van der Waals surface area (Å²) in [5, 5.41) is 0. The van der Waals surface area contributed by atoms with Crippen LogP contribution >= 0.6 is 17.1 Å². The van der Waals surface area contributed by atoms with Gasteiger partial charge in [-0.05, 0) is 92.2 Å². The second-order valence-electron chi connectivity index (χ2n) is 14.1. The lowest BCUT2D eigenvalue weighted by molar-refractivity contribution is 0.00578. The number of rotatable bonds is 17. The molecule has 0 radical (unpaired) electrons. The van der Waals surface area contributed by atoms with Crippen LogP contribution in [0.25, 0.3) is 0 Å². The van der Waals surface area contributed by atoms with Crippen molar-refractivity contribution in [1.29, 1.82) is 0 Å². The molecule has 0 aromatic heterocycles. The Morgan fingerprint density at radius 2 is 0.804 bits per heavy atom. The van der Waals surface area contributed by atoms with Crippen LogP contribution in [-0.2, 0) is 18.1 Å². The maximum atomic E-state index is 6.54. The van der Waals surface area contributed by atoms with Gasteiger partial charge >= 0.3 is 0 Å². The van der Waals surface area contributed by atoms with Gasteiger partial charge in [0.2, 0.25) is 0 Å². The van der Waals surface area contributed by atoms with Gasteiger partial charge in [-0.3, -0.25) is 9.98 Å². The first-order chi connectivity index (χ1) is 21.8. The molecule has 0 saturated carbocycles. The fraction of sp³-hybridized carbons (Fsp3) is 0.611. The van der Waals surface area contributed by atoms with Crippen molar-refractivity contribution in [3.05, 3.63) is 71.8 Å². The Morgan fingerprint density at radius 1 is 0.500 bits per heavy atom. The molecule has 0 aliphatic carbocycles. The molecular formula is C36H56N4O4P2. The molecule has 2 aliphatic heterocycles. The molecule has 254 valence electrons. The quantitative estimate of drug-likeness (QED) is 0.0951. The monoisotopic (exact) mass is 670 g/mol. The van der Waals surface area contributed by atoms with E-state index in [1.165, 1.54) is 0 Å². The Kier molecular flexibility index (Phi) is 13.5. The Bertz CT molecular complexity index is 1130. The second kappa shape index (κ2) is 16.7. The number of benzene rings is 2. The van der Waals surface area contributed by atoms with E-state index >= 15 is 0 Å². The lowest BCUT2D eigenvalue weighted by Gasteiger charge is -2.29. The van der Waals surface area contributed by atoms with Gasteiger partial charge in [-0.15, -0.1) is 0 Å². The molecule has 2 saturated heterocycles. The molecule has 4 rings (SSSR count). The second-order valence-corrected chi connectivity index (χ2v) is 16.9. The van der Waals surface area contributed by atoms with Crippen LogP contribution in [0.1, 0.15) is 92.2 Å². The van der Waals surface area contributed by atoms with Crippen LogP contribution in [0, 0.1) is 0 Å². The molecule has 8 nitrogen and oxygen atoms in total. The number of unbranched alkanes of at least 4 members (excludes halogenated alkanes) is 1. The third-order valence-corrected chi connectivity index (χ3v) is 13.3. The van der Waals surface area contributed by atoms with Crippen LogP contribution in [0.2, 0.25) is 0 Å². The average molecular weight is 671 g/mol. The van der Waals surface area contributed by atoms with Crippen molar-refractivity contribution in [2.75, 3.05) is 39.3 Å². The first-order valence-corrected chi connectivity index (χ1v) is 19.0. The summed E-state index contributed by atoms with van der Waals surface area (Å²) < 4.78 is 31.0. The van der Waals surface area contributed by atoms with Gasteiger partial charge in [0.15, 0.2) is 0 Å². The summed E-state index contributed by atoms with van der Waals surface area (Å²) in [6.07, 6.45) is 7.87. The SMILES string of the molecule is CC1(C)OP(N(CCCCN(CCCN=Cc2ccccc2)P2OC(C)(C)C(C)(C)O2)CCCN=Cc2ccccc2)OC1(C)C. The fourth-order valence-electron chi connectivity index (χ4n) is 4.73.